The lowest BCUT2D eigenvalue weighted by molar-refractivity contribution is -0.158. The minimum atomic E-state index is -1.17. The molecule has 2 amide bonds. The molecular formula is C17H29N3O6. The molecule has 0 aliphatic rings. The number of nitrogens with one attached hydrogen (secondary N) is 3. The number of hydrogen-bond donors (Lipinski definition) is 4. The number of ether oxygens (including phenoxy) is 1. The van der Waals surface area contributed by atoms with Crippen molar-refractivity contribution in [1.82, 2.24) is 16.0 Å². The van der Waals surface area contributed by atoms with E-state index in [0.29, 0.717) is 0 Å². The summed E-state index contributed by atoms with van der Waals surface area (Å²) < 4.78 is 5.26. The molecule has 0 aliphatic heterocycles. The van der Waals surface area contributed by atoms with Crippen molar-refractivity contribution in [2.75, 3.05) is 13.1 Å². The second kappa shape index (κ2) is 11.9. The fourth-order valence-corrected chi connectivity index (χ4v) is 1.76. The summed E-state index contributed by atoms with van der Waals surface area (Å²) in [5.41, 5.74) is -0.742. The average Bonchev–Trinajstić information content (AvgIpc) is 2.51. The van der Waals surface area contributed by atoms with Crippen LogP contribution in [0.4, 0.5) is 0 Å². The number of rotatable bonds is 11. The smallest absolute Gasteiger partial charge is 0.329 e. The summed E-state index contributed by atoms with van der Waals surface area (Å²) in [6, 6.07) is -1.01. The first-order valence-corrected chi connectivity index (χ1v) is 8.44. The highest BCUT2D eigenvalue weighted by Gasteiger charge is 2.27. The molecule has 0 radical (unpaired) electrons. The number of carbonyl (C=O) groups excluding carboxylic acids is 3. The van der Waals surface area contributed by atoms with Crippen LogP contribution in [0.5, 0.6) is 0 Å². The standard InChI is InChI=1S/C17H29N3O6/c1-5-6-9-18-10-14(22)20-12(16(25)26-17(2,3)4)7-8-13(21)19-11-15(23)24/h6,9,12,18H,5,7-8,10-11H2,1-4H3,(H,19,21)(H,20,22)(H,23,24)/b9-6-. The molecule has 1 unspecified atom stereocenters. The van der Waals surface area contributed by atoms with Crippen molar-refractivity contribution in [3.8, 4) is 0 Å². The number of esters is 1. The maximum Gasteiger partial charge on any atom is 0.329 e. The van der Waals surface area contributed by atoms with Gasteiger partial charge < -0.3 is 25.8 Å². The molecule has 0 fully saturated rings. The van der Waals surface area contributed by atoms with Crippen LogP contribution in [0.1, 0.15) is 47.0 Å². The second-order valence-electron chi connectivity index (χ2n) is 6.55. The number of carboxylic acid groups (broad SMARTS) is 1. The van der Waals surface area contributed by atoms with Gasteiger partial charge in [0.1, 0.15) is 18.2 Å². The monoisotopic (exact) mass is 371 g/mol. The van der Waals surface area contributed by atoms with E-state index in [9.17, 15) is 19.2 Å². The number of amides is 2. The molecule has 0 aromatic heterocycles. The van der Waals surface area contributed by atoms with Gasteiger partial charge in [0.05, 0.1) is 6.54 Å². The van der Waals surface area contributed by atoms with Crippen molar-refractivity contribution in [1.29, 1.82) is 0 Å². The number of allylic oxidation sites excluding steroid dienone is 1. The Morgan fingerprint density at radius 3 is 2.31 bits per heavy atom. The van der Waals surface area contributed by atoms with Crippen LogP contribution in [-0.2, 0) is 23.9 Å². The fourth-order valence-electron chi connectivity index (χ4n) is 1.76. The Labute approximate surface area is 153 Å². The fraction of sp³-hybridized carbons (Fsp3) is 0.647. The lowest BCUT2D eigenvalue weighted by Crippen LogP contribution is -2.47. The molecule has 0 aromatic rings. The summed E-state index contributed by atoms with van der Waals surface area (Å²) in [6.07, 6.45) is 4.17. The van der Waals surface area contributed by atoms with Gasteiger partial charge in [-0.25, -0.2) is 4.79 Å². The van der Waals surface area contributed by atoms with E-state index in [1.807, 2.05) is 13.0 Å². The van der Waals surface area contributed by atoms with Crippen LogP contribution in [0, 0.1) is 0 Å². The van der Waals surface area contributed by atoms with Crippen molar-refractivity contribution < 1.29 is 29.0 Å². The van der Waals surface area contributed by atoms with Crippen LogP contribution in [0.3, 0.4) is 0 Å². The van der Waals surface area contributed by atoms with E-state index in [4.69, 9.17) is 9.84 Å². The summed E-state index contributed by atoms with van der Waals surface area (Å²) in [5.74, 6) is -2.77. The van der Waals surface area contributed by atoms with Crippen LogP contribution in [0.15, 0.2) is 12.3 Å². The molecule has 0 saturated carbocycles. The van der Waals surface area contributed by atoms with Gasteiger partial charge in [0, 0.05) is 6.42 Å². The van der Waals surface area contributed by atoms with E-state index in [1.165, 1.54) is 0 Å². The van der Waals surface area contributed by atoms with Crippen molar-refractivity contribution >= 4 is 23.8 Å². The van der Waals surface area contributed by atoms with Gasteiger partial charge in [-0.15, -0.1) is 0 Å². The summed E-state index contributed by atoms with van der Waals surface area (Å²) in [4.78, 5) is 46.3. The van der Waals surface area contributed by atoms with Crippen LogP contribution in [0.2, 0.25) is 0 Å². The van der Waals surface area contributed by atoms with E-state index in [-0.39, 0.29) is 19.4 Å². The Balaban J connectivity index is 4.71. The Bertz CT molecular complexity index is 525. The minimum absolute atomic E-state index is 0.00307. The Hall–Kier alpha value is -2.58. The molecule has 9 nitrogen and oxygen atoms in total. The molecule has 9 heteroatoms. The first-order valence-electron chi connectivity index (χ1n) is 8.44. The first kappa shape index (κ1) is 23.4. The van der Waals surface area contributed by atoms with E-state index in [1.54, 1.807) is 27.0 Å². The molecule has 0 saturated heterocycles. The molecule has 4 N–H and O–H groups in total. The lowest BCUT2D eigenvalue weighted by Gasteiger charge is -2.24. The zero-order chi connectivity index (χ0) is 20.2. The summed E-state index contributed by atoms with van der Waals surface area (Å²) in [7, 11) is 0. The SMILES string of the molecule is CC/C=C\NCC(=O)NC(CCC(=O)NCC(=O)O)C(=O)OC(C)(C)C. The number of aliphatic carboxylic acids is 1. The van der Waals surface area contributed by atoms with Gasteiger partial charge >= 0.3 is 11.9 Å². The molecule has 1 atom stereocenters. The Morgan fingerprint density at radius 1 is 1.12 bits per heavy atom. The maximum absolute atomic E-state index is 12.3. The van der Waals surface area contributed by atoms with Crippen molar-refractivity contribution in [2.24, 2.45) is 0 Å². The molecule has 0 aliphatic carbocycles. The molecule has 26 heavy (non-hydrogen) atoms. The Kier molecular flexibility index (Phi) is 10.7. The first-order chi connectivity index (χ1) is 12.0. The normalized spacial score (nSPS) is 12.3. The molecule has 0 heterocycles. The van der Waals surface area contributed by atoms with Crippen LogP contribution in [-0.4, -0.2) is 53.6 Å². The Morgan fingerprint density at radius 2 is 1.77 bits per heavy atom. The average molecular weight is 371 g/mol. The van der Waals surface area contributed by atoms with Gasteiger partial charge in [0.15, 0.2) is 0 Å². The van der Waals surface area contributed by atoms with Gasteiger partial charge in [0.25, 0.3) is 0 Å². The third-order valence-electron chi connectivity index (χ3n) is 2.86. The van der Waals surface area contributed by atoms with Gasteiger partial charge in [0.2, 0.25) is 11.8 Å². The summed E-state index contributed by atoms with van der Waals surface area (Å²) in [5, 5.41) is 16.1. The number of hydrogen-bond acceptors (Lipinski definition) is 6. The minimum Gasteiger partial charge on any atom is -0.480 e. The van der Waals surface area contributed by atoms with Gasteiger partial charge in [-0.3, -0.25) is 14.4 Å². The zero-order valence-corrected chi connectivity index (χ0v) is 15.8. The van der Waals surface area contributed by atoms with Crippen molar-refractivity contribution in [3.05, 3.63) is 12.3 Å². The number of carbonyl (C=O) groups is 4. The molecule has 0 aromatic carbocycles. The van der Waals surface area contributed by atoms with Gasteiger partial charge in [-0.1, -0.05) is 13.0 Å². The molecule has 0 rings (SSSR count). The third kappa shape index (κ3) is 12.8. The highest BCUT2D eigenvalue weighted by molar-refractivity contribution is 5.86. The van der Waals surface area contributed by atoms with Crippen LogP contribution < -0.4 is 16.0 Å². The largest absolute Gasteiger partial charge is 0.480 e. The van der Waals surface area contributed by atoms with E-state index < -0.39 is 41.9 Å². The zero-order valence-electron chi connectivity index (χ0n) is 15.8. The predicted molar refractivity (Wildman–Crippen MR) is 95.1 cm³/mol. The third-order valence-corrected chi connectivity index (χ3v) is 2.86. The van der Waals surface area contributed by atoms with Gasteiger partial charge in [-0.05, 0) is 39.8 Å². The van der Waals surface area contributed by atoms with E-state index >= 15 is 0 Å². The molecule has 0 spiro atoms. The second-order valence-corrected chi connectivity index (χ2v) is 6.55. The quantitative estimate of drug-likeness (QED) is 0.384. The van der Waals surface area contributed by atoms with E-state index in [2.05, 4.69) is 16.0 Å². The topological polar surface area (TPSA) is 134 Å². The molecular weight excluding hydrogens is 342 g/mol. The van der Waals surface area contributed by atoms with Crippen molar-refractivity contribution in [2.45, 2.75) is 58.6 Å². The van der Waals surface area contributed by atoms with Crippen molar-refractivity contribution in [3.63, 3.8) is 0 Å². The van der Waals surface area contributed by atoms with E-state index in [0.717, 1.165) is 6.42 Å². The highest BCUT2D eigenvalue weighted by Crippen LogP contribution is 2.11. The summed E-state index contributed by atoms with van der Waals surface area (Å²) >= 11 is 0. The van der Waals surface area contributed by atoms with Crippen LogP contribution in [0.25, 0.3) is 0 Å². The molecule has 0 bridgehead atoms. The predicted octanol–water partition coefficient (Wildman–Crippen LogP) is 0.307. The highest BCUT2D eigenvalue weighted by atomic mass is 16.6. The van der Waals surface area contributed by atoms with Gasteiger partial charge in [-0.2, -0.15) is 0 Å². The summed E-state index contributed by atoms with van der Waals surface area (Å²) in [6.45, 7) is 6.50. The maximum atomic E-state index is 12.3. The molecule has 148 valence electrons. The van der Waals surface area contributed by atoms with Crippen LogP contribution >= 0.6 is 0 Å². The number of carboxylic acids is 1. The lowest BCUT2D eigenvalue weighted by atomic mass is 10.1.